The Kier molecular flexibility index (Phi) is 7.34. The van der Waals surface area contributed by atoms with E-state index in [1.807, 2.05) is 0 Å². The summed E-state index contributed by atoms with van der Waals surface area (Å²) in [7, 11) is 0. The molecule has 10 heteroatoms. The zero-order valence-corrected chi connectivity index (χ0v) is 16.8. The van der Waals surface area contributed by atoms with Gasteiger partial charge in [-0.3, -0.25) is 19.7 Å². The first-order chi connectivity index (χ1) is 14.4. The number of nitrogens with one attached hydrogen (secondary N) is 1. The molecule has 1 aliphatic carbocycles. The average Bonchev–Trinajstić information content (AvgIpc) is 3.46. The van der Waals surface area contributed by atoms with Crippen LogP contribution in [0.3, 0.4) is 0 Å². The number of anilines is 1. The lowest BCUT2D eigenvalue weighted by atomic mass is 9.92. The van der Waals surface area contributed by atoms with Gasteiger partial charge < -0.3 is 10.8 Å². The van der Waals surface area contributed by atoms with Gasteiger partial charge in [0.1, 0.15) is 6.04 Å². The van der Waals surface area contributed by atoms with Crippen LogP contribution < -0.4 is 16.1 Å². The van der Waals surface area contributed by atoms with Gasteiger partial charge in [-0.25, -0.2) is 5.48 Å². The van der Waals surface area contributed by atoms with Crippen LogP contribution in [0.1, 0.15) is 25.8 Å². The molecule has 0 unspecified atom stereocenters. The summed E-state index contributed by atoms with van der Waals surface area (Å²) in [6.45, 7) is 2.59. The van der Waals surface area contributed by atoms with Crippen molar-refractivity contribution < 1.29 is 33.1 Å². The number of hydrogen-bond donors (Lipinski definition) is 4. The van der Waals surface area contributed by atoms with Crippen LogP contribution in [0, 0.1) is 35.5 Å². The smallest absolute Gasteiger partial charge is 0.396 e. The monoisotopic (exact) mass is 437 g/mol. The third-order valence-corrected chi connectivity index (χ3v) is 4.61. The summed E-state index contributed by atoms with van der Waals surface area (Å²) in [5, 5.41) is 17.9. The Bertz CT molecular complexity index is 947. The highest BCUT2D eigenvalue weighted by atomic mass is 19.4. The van der Waals surface area contributed by atoms with Crippen molar-refractivity contribution in [1.82, 2.24) is 5.48 Å². The zero-order chi connectivity index (χ0) is 23.4. The molecular formula is C21H22F3N3O4. The van der Waals surface area contributed by atoms with E-state index < -0.39 is 29.6 Å². The lowest BCUT2D eigenvalue weighted by molar-refractivity contribution is -0.171. The largest absolute Gasteiger partial charge is 0.471 e. The summed E-state index contributed by atoms with van der Waals surface area (Å²) in [6, 6.07) is 3.25. The van der Waals surface area contributed by atoms with Crippen molar-refractivity contribution in [2.75, 3.05) is 11.5 Å². The van der Waals surface area contributed by atoms with Crippen LogP contribution in [-0.4, -0.2) is 46.5 Å². The number of amides is 2. The molecule has 2 amide bonds. The Morgan fingerprint density at radius 1 is 1.26 bits per heavy atom. The molecule has 0 bridgehead atoms. The standard InChI is InChI=1S/C21H22F3N3O4/c1-20(2,25)17(18(29)26-31)27(19(30)21(22,23)24)16-9-7-13(8-10-16)5-3-4-6-14-11-15(14)12-28/h7-10,14-15,17,28,31H,11-12,25H2,1-2H3,(H,26,29)/t14-,15+,17-/m1/s1. The fraction of sp³-hybridized carbons (Fsp3) is 0.429. The second-order valence-electron chi connectivity index (χ2n) is 7.72. The molecule has 0 radical (unpaired) electrons. The van der Waals surface area contributed by atoms with E-state index in [1.165, 1.54) is 43.6 Å². The molecule has 5 N–H and O–H groups in total. The number of halogens is 3. The second kappa shape index (κ2) is 9.40. The summed E-state index contributed by atoms with van der Waals surface area (Å²) in [6.07, 6.45) is -4.47. The number of hydrogen-bond acceptors (Lipinski definition) is 5. The Hall–Kier alpha value is -3.05. The van der Waals surface area contributed by atoms with Crippen molar-refractivity contribution in [3.05, 3.63) is 29.8 Å². The maximum Gasteiger partial charge on any atom is 0.471 e. The van der Waals surface area contributed by atoms with Gasteiger partial charge in [0, 0.05) is 29.3 Å². The van der Waals surface area contributed by atoms with Crippen LogP contribution in [0.4, 0.5) is 18.9 Å². The maximum atomic E-state index is 13.2. The summed E-state index contributed by atoms with van der Waals surface area (Å²) in [4.78, 5) is 24.4. The Morgan fingerprint density at radius 2 is 1.87 bits per heavy atom. The van der Waals surface area contributed by atoms with Gasteiger partial charge in [0.2, 0.25) is 0 Å². The van der Waals surface area contributed by atoms with Gasteiger partial charge in [-0.1, -0.05) is 11.8 Å². The number of carbonyl (C=O) groups is 2. The predicted octanol–water partition coefficient (Wildman–Crippen LogP) is 1.18. The molecule has 0 aromatic heterocycles. The molecule has 0 saturated heterocycles. The number of aliphatic hydroxyl groups excluding tert-OH is 1. The van der Waals surface area contributed by atoms with Crippen molar-refractivity contribution in [3.8, 4) is 23.7 Å². The fourth-order valence-electron chi connectivity index (χ4n) is 2.93. The minimum atomic E-state index is -5.29. The van der Waals surface area contributed by atoms with Crippen molar-refractivity contribution in [2.45, 2.75) is 38.0 Å². The van der Waals surface area contributed by atoms with Gasteiger partial charge in [0.15, 0.2) is 0 Å². The van der Waals surface area contributed by atoms with Crippen LogP contribution in [0.15, 0.2) is 24.3 Å². The Balaban J connectivity index is 2.34. The van der Waals surface area contributed by atoms with E-state index in [4.69, 9.17) is 16.0 Å². The molecule has 0 spiro atoms. The van der Waals surface area contributed by atoms with Gasteiger partial charge in [0.25, 0.3) is 5.91 Å². The number of rotatable bonds is 5. The fourth-order valence-corrected chi connectivity index (χ4v) is 2.93. The molecule has 166 valence electrons. The zero-order valence-electron chi connectivity index (χ0n) is 16.8. The Morgan fingerprint density at radius 3 is 2.32 bits per heavy atom. The van der Waals surface area contributed by atoms with E-state index >= 15 is 0 Å². The molecule has 1 aromatic rings. The summed E-state index contributed by atoms with van der Waals surface area (Å²) in [5.41, 5.74) is 5.65. The first-order valence-electron chi connectivity index (χ1n) is 9.25. The average molecular weight is 437 g/mol. The number of nitrogens with zero attached hydrogens (tertiary/aromatic N) is 1. The molecule has 1 aromatic carbocycles. The quantitative estimate of drug-likeness (QED) is 0.314. The van der Waals surface area contributed by atoms with Gasteiger partial charge >= 0.3 is 12.1 Å². The molecular weight excluding hydrogens is 415 g/mol. The molecule has 0 heterocycles. The lowest BCUT2D eigenvalue weighted by Crippen LogP contribution is -2.65. The molecule has 1 saturated carbocycles. The number of alkyl halides is 3. The molecule has 0 aliphatic heterocycles. The minimum Gasteiger partial charge on any atom is -0.396 e. The molecule has 31 heavy (non-hydrogen) atoms. The van der Waals surface area contributed by atoms with Crippen LogP contribution in [0.5, 0.6) is 0 Å². The third-order valence-electron chi connectivity index (χ3n) is 4.61. The number of benzene rings is 1. The number of nitrogens with two attached hydrogens (primary N) is 1. The van der Waals surface area contributed by atoms with E-state index in [0.29, 0.717) is 5.56 Å². The summed E-state index contributed by atoms with van der Waals surface area (Å²) < 4.78 is 39.7. The highest BCUT2D eigenvalue weighted by Crippen LogP contribution is 2.36. The van der Waals surface area contributed by atoms with Crippen molar-refractivity contribution in [3.63, 3.8) is 0 Å². The van der Waals surface area contributed by atoms with E-state index in [9.17, 15) is 22.8 Å². The van der Waals surface area contributed by atoms with E-state index in [2.05, 4.69) is 23.7 Å². The third kappa shape index (κ3) is 6.22. The Labute approximate surface area is 177 Å². The lowest BCUT2D eigenvalue weighted by Gasteiger charge is -2.38. The minimum absolute atomic E-state index is 0.0796. The molecule has 1 aliphatic rings. The van der Waals surface area contributed by atoms with Crippen LogP contribution in [-0.2, 0) is 9.59 Å². The van der Waals surface area contributed by atoms with Gasteiger partial charge in [-0.05, 0) is 62.3 Å². The van der Waals surface area contributed by atoms with Gasteiger partial charge in [-0.15, -0.1) is 0 Å². The SMILES string of the molecule is CC(C)(N)[C@@H](C(=O)NO)N(C(=O)C(F)(F)F)c1ccc(C#CC#C[C@@H]2C[C@H]2CO)cc1. The summed E-state index contributed by atoms with van der Waals surface area (Å²) >= 11 is 0. The van der Waals surface area contributed by atoms with Crippen LogP contribution in [0.25, 0.3) is 0 Å². The molecule has 7 nitrogen and oxygen atoms in total. The number of aliphatic hydroxyl groups is 1. The van der Waals surface area contributed by atoms with Crippen molar-refractivity contribution >= 4 is 17.5 Å². The van der Waals surface area contributed by atoms with Gasteiger partial charge in [0.05, 0.1) is 0 Å². The van der Waals surface area contributed by atoms with Crippen molar-refractivity contribution in [2.24, 2.45) is 17.6 Å². The molecule has 2 rings (SSSR count). The molecule has 1 fully saturated rings. The highest BCUT2D eigenvalue weighted by molar-refractivity contribution is 6.03. The first kappa shape index (κ1) is 24.2. The van der Waals surface area contributed by atoms with Gasteiger partial charge in [-0.2, -0.15) is 13.2 Å². The molecule has 3 atom stereocenters. The van der Waals surface area contributed by atoms with Crippen LogP contribution in [0.2, 0.25) is 0 Å². The summed E-state index contributed by atoms with van der Waals surface area (Å²) in [5.74, 6) is 7.62. The van der Waals surface area contributed by atoms with E-state index in [-0.39, 0.29) is 29.0 Å². The van der Waals surface area contributed by atoms with E-state index in [0.717, 1.165) is 6.42 Å². The first-order valence-corrected chi connectivity index (χ1v) is 9.25. The topological polar surface area (TPSA) is 116 Å². The second-order valence-corrected chi connectivity index (χ2v) is 7.72. The van der Waals surface area contributed by atoms with Crippen LogP contribution >= 0.6 is 0 Å². The maximum absolute atomic E-state index is 13.2. The number of carbonyl (C=O) groups excluding carboxylic acids is 2. The predicted molar refractivity (Wildman–Crippen MR) is 105 cm³/mol. The highest BCUT2D eigenvalue weighted by Gasteiger charge is 2.50. The van der Waals surface area contributed by atoms with E-state index in [1.54, 1.807) is 0 Å². The van der Waals surface area contributed by atoms with Crippen molar-refractivity contribution in [1.29, 1.82) is 0 Å². The normalized spacial score (nSPS) is 18.6. The number of hydroxylamine groups is 1.